The molecule has 19 heavy (non-hydrogen) atoms. The number of aliphatic carboxylic acids is 1. The summed E-state index contributed by atoms with van der Waals surface area (Å²) in [5, 5.41) is 20.7. The van der Waals surface area contributed by atoms with Crippen molar-refractivity contribution >= 4 is 12.0 Å². The molecule has 1 saturated carbocycles. The van der Waals surface area contributed by atoms with E-state index >= 15 is 0 Å². The second kappa shape index (κ2) is 6.23. The molecule has 6 heteroatoms. The summed E-state index contributed by atoms with van der Waals surface area (Å²) in [4.78, 5) is 24.7. The second-order valence-electron chi connectivity index (χ2n) is 5.61. The highest BCUT2D eigenvalue weighted by atomic mass is 16.4. The van der Waals surface area contributed by atoms with Gasteiger partial charge in [-0.1, -0.05) is 0 Å². The van der Waals surface area contributed by atoms with Crippen LogP contribution in [0.1, 0.15) is 32.1 Å². The smallest absolute Gasteiger partial charge is 0.317 e. The number of carboxylic acids is 1. The minimum atomic E-state index is -0.763. The van der Waals surface area contributed by atoms with Gasteiger partial charge in [0.05, 0.1) is 5.92 Å². The van der Waals surface area contributed by atoms with Gasteiger partial charge in [0.2, 0.25) is 0 Å². The lowest BCUT2D eigenvalue weighted by Gasteiger charge is -2.20. The molecule has 108 valence electrons. The van der Waals surface area contributed by atoms with E-state index < -0.39 is 5.97 Å². The largest absolute Gasteiger partial charge is 0.481 e. The topological polar surface area (TPSA) is 89.9 Å². The number of aliphatic hydroxyl groups excluding tert-OH is 1. The Balaban J connectivity index is 1.75. The Hall–Kier alpha value is -1.30. The number of hydrogen-bond donors (Lipinski definition) is 3. The van der Waals surface area contributed by atoms with Crippen LogP contribution < -0.4 is 5.32 Å². The molecule has 0 aromatic rings. The summed E-state index contributed by atoms with van der Waals surface area (Å²) >= 11 is 0. The molecule has 0 spiro atoms. The van der Waals surface area contributed by atoms with Crippen LogP contribution in [0.15, 0.2) is 0 Å². The van der Waals surface area contributed by atoms with Gasteiger partial charge in [0, 0.05) is 25.7 Å². The number of carbonyl (C=O) groups excluding carboxylic acids is 1. The number of urea groups is 1. The van der Waals surface area contributed by atoms with Crippen LogP contribution in [-0.4, -0.2) is 52.9 Å². The standard InChI is InChI=1S/C13H22N2O4/c16-6-4-9-3-5-15(8-9)13(19)14-11-2-1-10(7-11)12(17)18/h9-11,16H,1-8H2,(H,14,19)(H,17,18)/t9?,10-,11+/m1/s1. The summed E-state index contributed by atoms with van der Waals surface area (Å²) in [5.74, 6) is -0.682. The minimum Gasteiger partial charge on any atom is -0.481 e. The number of carboxylic acid groups (broad SMARTS) is 1. The molecular formula is C13H22N2O4. The summed E-state index contributed by atoms with van der Waals surface area (Å²) < 4.78 is 0. The van der Waals surface area contributed by atoms with E-state index in [-0.39, 0.29) is 24.6 Å². The lowest BCUT2D eigenvalue weighted by Crippen LogP contribution is -2.43. The van der Waals surface area contributed by atoms with Gasteiger partial charge >= 0.3 is 12.0 Å². The molecular weight excluding hydrogens is 248 g/mol. The third-order valence-corrected chi connectivity index (χ3v) is 4.22. The predicted molar refractivity (Wildman–Crippen MR) is 68.7 cm³/mol. The first-order valence-electron chi connectivity index (χ1n) is 6.99. The second-order valence-corrected chi connectivity index (χ2v) is 5.61. The lowest BCUT2D eigenvalue weighted by atomic mass is 10.1. The van der Waals surface area contributed by atoms with Crippen LogP contribution >= 0.6 is 0 Å². The van der Waals surface area contributed by atoms with Crippen molar-refractivity contribution in [1.82, 2.24) is 10.2 Å². The maximum atomic E-state index is 12.0. The van der Waals surface area contributed by atoms with Crippen LogP contribution in [0, 0.1) is 11.8 Å². The molecule has 2 amide bonds. The van der Waals surface area contributed by atoms with Crippen molar-refractivity contribution in [3.8, 4) is 0 Å². The van der Waals surface area contributed by atoms with Gasteiger partial charge in [0.15, 0.2) is 0 Å². The summed E-state index contributed by atoms with van der Waals surface area (Å²) in [6, 6.07) is -0.0954. The molecule has 3 atom stereocenters. The number of nitrogens with one attached hydrogen (secondary N) is 1. The van der Waals surface area contributed by atoms with Gasteiger partial charge in [-0.15, -0.1) is 0 Å². The number of hydrogen-bond acceptors (Lipinski definition) is 3. The Labute approximate surface area is 112 Å². The van der Waals surface area contributed by atoms with Crippen molar-refractivity contribution in [3.05, 3.63) is 0 Å². The first-order valence-corrected chi connectivity index (χ1v) is 6.99. The summed E-state index contributed by atoms with van der Waals surface area (Å²) in [6.45, 7) is 1.59. The number of rotatable bonds is 4. The van der Waals surface area contributed by atoms with E-state index in [0.29, 0.717) is 25.3 Å². The molecule has 1 aliphatic carbocycles. The van der Waals surface area contributed by atoms with Crippen LogP contribution in [-0.2, 0) is 4.79 Å². The highest BCUT2D eigenvalue weighted by molar-refractivity contribution is 5.75. The lowest BCUT2D eigenvalue weighted by molar-refractivity contribution is -0.141. The SMILES string of the molecule is O=C(O)[C@@H]1CC[C@H](NC(=O)N2CCC(CCO)C2)C1. The van der Waals surface area contributed by atoms with Gasteiger partial charge in [-0.3, -0.25) is 4.79 Å². The minimum absolute atomic E-state index is 0.00880. The zero-order valence-corrected chi connectivity index (χ0v) is 11.0. The molecule has 1 aliphatic heterocycles. The van der Waals surface area contributed by atoms with E-state index in [9.17, 15) is 9.59 Å². The number of likely N-dealkylation sites (tertiary alicyclic amines) is 1. The van der Waals surface area contributed by atoms with E-state index in [0.717, 1.165) is 25.8 Å². The Bertz CT molecular complexity index is 348. The molecule has 0 radical (unpaired) electrons. The van der Waals surface area contributed by atoms with Crippen LogP contribution in [0.4, 0.5) is 4.79 Å². The van der Waals surface area contributed by atoms with Crippen molar-refractivity contribution in [2.75, 3.05) is 19.7 Å². The molecule has 0 aromatic carbocycles. The monoisotopic (exact) mass is 270 g/mol. The van der Waals surface area contributed by atoms with E-state index in [1.807, 2.05) is 0 Å². The van der Waals surface area contributed by atoms with Crippen molar-refractivity contribution in [1.29, 1.82) is 0 Å². The highest BCUT2D eigenvalue weighted by Crippen LogP contribution is 2.26. The molecule has 1 heterocycles. The van der Waals surface area contributed by atoms with Gasteiger partial charge in [-0.05, 0) is 38.0 Å². The quantitative estimate of drug-likeness (QED) is 0.700. The summed E-state index contributed by atoms with van der Waals surface area (Å²) in [6.07, 6.45) is 3.61. The fraction of sp³-hybridized carbons (Fsp3) is 0.846. The molecule has 3 N–H and O–H groups in total. The van der Waals surface area contributed by atoms with Crippen LogP contribution in [0.5, 0.6) is 0 Å². The molecule has 2 rings (SSSR count). The number of nitrogens with zero attached hydrogens (tertiary/aromatic N) is 1. The molecule has 6 nitrogen and oxygen atoms in total. The van der Waals surface area contributed by atoms with Crippen molar-refractivity contribution < 1.29 is 19.8 Å². The van der Waals surface area contributed by atoms with Crippen LogP contribution in [0.25, 0.3) is 0 Å². The fourth-order valence-electron chi connectivity index (χ4n) is 3.04. The van der Waals surface area contributed by atoms with Crippen molar-refractivity contribution in [2.24, 2.45) is 11.8 Å². The Morgan fingerprint density at radius 1 is 1.26 bits per heavy atom. The van der Waals surface area contributed by atoms with Crippen LogP contribution in [0.2, 0.25) is 0 Å². The van der Waals surface area contributed by atoms with Gasteiger partial charge in [-0.2, -0.15) is 0 Å². The normalized spacial score (nSPS) is 30.6. The average molecular weight is 270 g/mol. The maximum Gasteiger partial charge on any atom is 0.317 e. The third-order valence-electron chi connectivity index (χ3n) is 4.22. The summed E-state index contributed by atoms with van der Waals surface area (Å²) in [5.41, 5.74) is 0. The van der Waals surface area contributed by atoms with Crippen molar-refractivity contribution in [2.45, 2.75) is 38.1 Å². The zero-order valence-electron chi connectivity index (χ0n) is 11.0. The van der Waals surface area contributed by atoms with Gasteiger partial charge in [-0.25, -0.2) is 4.79 Å². The molecule has 0 bridgehead atoms. The van der Waals surface area contributed by atoms with Gasteiger partial charge in [0.1, 0.15) is 0 Å². The van der Waals surface area contributed by atoms with Gasteiger partial charge in [0.25, 0.3) is 0 Å². The zero-order chi connectivity index (χ0) is 13.8. The average Bonchev–Trinajstić information content (AvgIpc) is 2.98. The first kappa shape index (κ1) is 14.1. The molecule has 2 fully saturated rings. The fourth-order valence-corrected chi connectivity index (χ4v) is 3.04. The van der Waals surface area contributed by atoms with E-state index in [1.54, 1.807) is 4.90 Å². The molecule has 0 aromatic heterocycles. The number of carbonyl (C=O) groups is 2. The first-order chi connectivity index (χ1) is 9.10. The van der Waals surface area contributed by atoms with Crippen molar-refractivity contribution in [3.63, 3.8) is 0 Å². The van der Waals surface area contributed by atoms with E-state index in [1.165, 1.54) is 0 Å². The van der Waals surface area contributed by atoms with E-state index in [2.05, 4.69) is 5.32 Å². The Morgan fingerprint density at radius 3 is 2.68 bits per heavy atom. The third kappa shape index (κ3) is 3.59. The molecule has 2 aliphatic rings. The summed E-state index contributed by atoms with van der Waals surface area (Å²) in [7, 11) is 0. The Morgan fingerprint density at radius 2 is 2.05 bits per heavy atom. The Kier molecular flexibility index (Phi) is 4.63. The van der Waals surface area contributed by atoms with Gasteiger partial charge < -0.3 is 20.4 Å². The number of aliphatic hydroxyl groups is 1. The molecule has 1 unspecified atom stereocenters. The highest BCUT2D eigenvalue weighted by Gasteiger charge is 2.32. The molecule has 1 saturated heterocycles. The predicted octanol–water partition coefficient (Wildman–Crippen LogP) is 0.654. The maximum absolute atomic E-state index is 12.0. The number of amides is 2. The van der Waals surface area contributed by atoms with Crippen LogP contribution in [0.3, 0.4) is 0 Å². The van der Waals surface area contributed by atoms with E-state index in [4.69, 9.17) is 10.2 Å².